The molecule has 0 aromatic rings. The summed E-state index contributed by atoms with van der Waals surface area (Å²) in [6.45, 7) is 3.01. The molecule has 0 amide bonds. The lowest BCUT2D eigenvalue weighted by molar-refractivity contribution is 0.0255. The van der Waals surface area contributed by atoms with E-state index in [1.54, 1.807) is 0 Å². The molecule has 0 saturated carbocycles. The second-order valence-electron chi connectivity index (χ2n) is 3.52. The standard InChI is InChI=1S/C9H17NOS/c1-2-6-12-9(3-1)8-7-10-4-5-11-8/h8-10H,1-7H2. The maximum Gasteiger partial charge on any atom is 0.0818 e. The van der Waals surface area contributed by atoms with E-state index in [4.69, 9.17) is 4.74 Å². The highest BCUT2D eigenvalue weighted by Crippen LogP contribution is 2.29. The molecular weight excluding hydrogens is 170 g/mol. The van der Waals surface area contributed by atoms with Crippen LogP contribution in [0.4, 0.5) is 0 Å². The van der Waals surface area contributed by atoms with Crippen molar-refractivity contribution in [3.63, 3.8) is 0 Å². The van der Waals surface area contributed by atoms with Crippen LogP contribution in [0, 0.1) is 0 Å². The summed E-state index contributed by atoms with van der Waals surface area (Å²) in [5, 5.41) is 4.16. The second-order valence-corrected chi connectivity index (χ2v) is 4.87. The number of hydrogen-bond donors (Lipinski definition) is 1. The van der Waals surface area contributed by atoms with Gasteiger partial charge in [0.15, 0.2) is 0 Å². The summed E-state index contributed by atoms with van der Waals surface area (Å²) >= 11 is 2.10. The van der Waals surface area contributed by atoms with Gasteiger partial charge in [-0.1, -0.05) is 6.42 Å². The van der Waals surface area contributed by atoms with Crippen LogP contribution < -0.4 is 5.32 Å². The molecular formula is C9H17NOS. The van der Waals surface area contributed by atoms with Crippen molar-refractivity contribution in [1.82, 2.24) is 5.32 Å². The molecule has 12 heavy (non-hydrogen) atoms. The summed E-state index contributed by atoms with van der Waals surface area (Å²) in [6.07, 6.45) is 4.65. The zero-order chi connectivity index (χ0) is 8.23. The van der Waals surface area contributed by atoms with E-state index in [0.717, 1.165) is 24.9 Å². The normalized spacial score (nSPS) is 38.0. The van der Waals surface area contributed by atoms with Crippen LogP contribution in [0.5, 0.6) is 0 Å². The maximum absolute atomic E-state index is 5.73. The fourth-order valence-corrected chi connectivity index (χ4v) is 3.28. The maximum atomic E-state index is 5.73. The van der Waals surface area contributed by atoms with E-state index >= 15 is 0 Å². The fraction of sp³-hybridized carbons (Fsp3) is 1.00. The van der Waals surface area contributed by atoms with Crippen molar-refractivity contribution < 1.29 is 4.74 Å². The molecule has 0 aliphatic carbocycles. The van der Waals surface area contributed by atoms with E-state index in [0.29, 0.717) is 6.10 Å². The molecule has 70 valence electrons. The molecule has 2 aliphatic heterocycles. The second kappa shape index (κ2) is 4.49. The molecule has 2 aliphatic rings. The van der Waals surface area contributed by atoms with E-state index in [1.807, 2.05) is 0 Å². The Morgan fingerprint density at radius 2 is 2.33 bits per heavy atom. The van der Waals surface area contributed by atoms with E-state index in [2.05, 4.69) is 17.1 Å². The molecule has 0 aromatic heterocycles. The number of ether oxygens (including phenoxy) is 1. The first-order chi connectivity index (χ1) is 5.97. The van der Waals surface area contributed by atoms with Crippen molar-refractivity contribution in [2.24, 2.45) is 0 Å². The average molecular weight is 187 g/mol. The molecule has 0 bridgehead atoms. The predicted octanol–water partition coefficient (Wildman–Crippen LogP) is 1.26. The topological polar surface area (TPSA) is 21.3 Å². The van der Waals surface area contributed by atoms with Crippen LogP contribution in [0.15, 0.2) is 0 Å². The Labute approximate surface area is 78.4 Å². The largest absolute Gasteiger partial charge is 0.374 e. The molecule has 2 unspecified atom stereocenters. The van der Waals surface area contributed by atoms with E-state index < -0.39 is 0 Å². The Kier molecular flexibility index (Phi) is 3.31. The van der Waals surface area contributed by atoms with Gasteiger partial charge in [0, 0.05) is 18.3 Å². The molecule has 2 saturated heterocycles. The van der Waals surface area contributed by atoms with Crippen LogP contribution in [-0.2, 0) is 4.74 Å². The first-order valence-electron chi connectivity index (χ1n) is 4.91. The highest BCUT2D eigenvalue weighted by Gasteiger charge is 2.26. The van der Waals surface area contributed by atoms with Crippen molar-refractivity contribution >= 4 is 11.8 Å². The van der Waals surface area contributed by atoms with Gasteiger partial charge in [-0.15, -0.1) is 0 Å². The summed E-state index contributed by atoms with van der Waals surface area (Å²) in [5.74, 6) is 1.34. The van der Waals surface area contributed by atoms with Crippen LogP contribution in [0.2, 0.25) is 0 Å². The van der Waals surface area contributed by atoms with Crippen molar-refractivity contribution in [3.05, 3.63) is 0 Å². The van der Waals surface area contributed by atoms with Gasteiger partial charge < -0.3 is 10.1 Å². The molecule has 1 N–H and O–H groups in total. The van der Waals surface area contributed by atoms with Crippen LogP contribution in [-0.4, -0.2) is 36.8 Å². The smallest absolute Gasteiger partial charge is 0.0818 e. The number of thioether (sulfide) groups is 1. The summed E-state index contributed by atoms with van der Waals surface area (Å²) in [6, 6.07) is 0. The molecule has 2 fully saturated rings. The third kappa shape index (κ3) is 2.15. The van der Waals surface area contributed by atoms with Gasteiger partial charge in [0.1, 0.15) is 0 Å². The molecule has 2 heterocycles. The quantitative estimate of drug-likeness (QED) is 0.668. The number of rotatable bonds is 1. The number of morpholine rings is 1. The van der Waals surface area contributed by atoms with E-state index in [-0.39, 0.29) is 0 Å². The molecule has 0 spiro atoms. The SMILES string of the molecule is C1CCC(C2CNCCO2)SC1. The molecule has 0 radical (unpaired) electrons. The lowest BCUT2D eigenvalue weighted by atomic mass is 10.1. The highest BCUT2D eigenvalue weighted by molar-refractivity contribution is 8.00. The van der Waals surface area contributed by atoms with Gasteiger partial charge >= 0.3 is 0 Å². The summed E-state index contributed by atoms with van der Waals surface area (Å²) in [7, 11) is 0. The number of hydrogen-bond acceptors (Lipinski definition) is 3. The van der Waals surface area contributed by atoms with Gasteiger partial charge in [-0.05, 0) is 18.6 Å². The van der Waals surface area contributed by atoms with Gasteiger partial charge in [-0.3, -0.25) is 0 Å². The monoisotopic (exact) mass is 187 g/mol. The van der Waals surface area contributed by atoms with Crippen molar-refractivity contribution in [1.29, 1.82) is 0 Å². The van der Waals surface area contributed by atoms with Gasteiger partial charge in [0.2, 0.25) is 0 Å². The van der Waals surface area contributed by atoms with Gasteiger partial charge in [-0.2, -0.15) is 11.8 Å². The lowest BCUT2D eigenvalue weighted by Gasteiger charge is -2.32. The van der Waals surface area contributed by atoms with Crippen LogP contribution in [0.25, 0.3) is 0 Å². The Morgan fingerprint density at radius 1 is 1.33 bits per heavy atom. The number of nitrogens with one attached hydrogen (secondary N) is 1. The fourth-order valence-electron chi connectivity index (χ4n) is 1.88. The Balaban J connectivity index is 1.80. The molecule has 0 aromatic carbocycles. The Bertz CT molecular complexity index is 114. The molecule has 2 atom stereocenters. The zero-order valence-corrected chi connectivity index (χ0v) is 8.24. The zero-order valence-electron chi connectivity index (χ0n) is 7.42. The van der Waals surface area contributed by atoms with Gasteiger partial charge in [-0.25, -0.2) is 0 Å². The van der Waals surface area contributed by atoms with Gasteiger partial charge in [0.05, 0.1) is 12.7 Å². The van der Waals surface area contributed by atoms with Crippen LogP contribution in [0.3, 0.4) is 0 Å². The minimum absolute atomic E-state index is 0.490. The van der Waals surface area contributed by atoms with E-state index in [9.17, 15) is 0 Å². The summed E-state index contributed by atoms with van der Waals surface area (Å²) in [4.78, 5) is 0. The molecule has 3 heteroatoms. The summed E-state index contributed by atoms with van der Waals surface area (Å²) in [5.41, 5.74) is 0. The molecule has 2 nitrogen and oxygen atoms in total. The Hall–Kier alpha value is 0.270. The minimum atomic E-state index is 0.490. The van der Waals surface area contributed by atoms with Crippen molar-refractivity contribution in [2.75, 3.05) is 25.4 Å². The first kappa shape index (κ1) is 8.85. The third-order valence-electron chi connectivity index (χ3n) is 2.59. The van der Waals surface area contributed by atoms with Gasteiger partial charge in [0.25, 0.3) is 0 Å². The minimum Gasteiger partial charge on any atom is -0.374 e. The highest BCUT2D eigenvalue weighted by atomic mass is 32.2. The summed E-state index contributed by atoms with van der Waals surface area (Å²) < 4.78 is 5.73. The lowest BCUT2D eigenvalue weighted by Crippen LogP contribution is -2.44. The Morgan fingerprint density at radius 3 is 3.00 bits per heavy atom. The van der Waals surface area contributed by atoms with Crippen LogP contribution >= 0.6 is 11.8 Å². The van der Waals surface area contributed by atoms with Crippen LogP contribution in [0.1, 0.15) is 19.3 Å². The van der Waals surface area contributed by atoms with E-state index in [1.165, 1.54) is 25.0 Å². The first-order valence-corrected chi connectivity index (χ1v) is 5.95. The predicted molar refractivity (Wildman–Crippen MR) is 52.7 cm³/mol. The van der Waals surface area contributed by atoms with Crippen molar-refractivity contribution in [2.45, 2.75) is 30.6 Å². The molecule has 2 rings (SSSR count). The van der Waals surface area contributed by atoms with Crippen molar-refractivity contribution in [3.8, 4) is 0 Å². The average Bonchev–Trinajstić information content (AvgIpc) is 2.21. The third-order valence-corrected chi connectivity index (χ3v) is 4.08.